The van der Waals surface area contributed by atoms with E-state index in [4.69, 9.17) is 9.78 Å². The molecule has 0 aromatic rings. The third-order valence-electron chi connectivity index (χ3n) is 1.87. The maximum absolute atomic E-state index is 5.04. The van der Waals surface area contributed by atoms with Gasteiger partial charge in [0, 0.05) is 0 Å². The highest BCUT2D eigenvalue weighted by Crippen LogP contribution is 2.15. The van der Waals surface area contributed by atoms with E-state index < -0.39 is 0 Å². The second-order valence-electron chi connectivity index (χ2n) is 2.66. The molecule has 2 unspecified atom stereocenters. The Bertz CT molecular complexity index is 120. The van der Waals surface area contributed by atoms with E-state index in [0.29, 0.717) is 12.5 Å². The molecule has 58 valence electrons. The monoisotopic (exact) mass is 142 g/mol. The van der Waals surface area contributed by atoms with Crippen LogP contribution in [0.15, 0.2) is 12.2 Å². The van der Waals surface area contributed by atoms with Gasteiger partial charge in [-0.05, 0) is 5.92 Å². The van der Waals surface area contributed by atoms with E-state index in [0.717, 1.165) is 6.42 Å². The van der Waals surface area contributed by atoms with Crippen LogP contribution in [0.4, 0.5) is 0 Å². The lowest BCUT2D eigenvalue weighted by molar-refractivity contribution is -0.321. The zero-order valence-electron chi connectivity index (χ0n) is 6.54. The molecule has 1 rings (SSSR count). The van der Waals surface area contributed by atoms with E-state index >= 15 is 0 Å². The van der Waals surface area contributed by atoms with E-state index in [1.54, 1.807) is 0 Å². The van der Waals surface area contributed by atoms with Gasteiger partial charge < -0.3 is 0 Å². The van der Waals surface area contributed by atoms with Gasteiger partial charge in [0.25, 0.3) is 0 Å². The Kier molecular flexibility index (Phi) is 2.90. The van der Waals surface area contributed by atoms with Crippen molar-refractivity contribution in [1.29, 1.82) is 0 Å². The third kappa shape index (κ3) is 1.82. The van der Waals surface area contributed by atoms with Crippen LogP contribution in [0.2, 0.25) is 0 Å². The van der Waals surface area contributed by atoms with Crippen molar-refractivity contribution in [1.82, 2.24) is 0 Å². The maximum Gasteiger partial charge on any atom is 0.114 e. The normalized spacial score (nSPS) is 28.4. The SMILES string of the molecule is CCC(C)C1C=CCOO1. The zero-order chi connectivity index (χ0) is 7.40. The molecule has 2 nitrogen and oxygen atoms in total. The standard InChI is InChI=1S/C8H14O2/c1-3-7(2)8-5-4-6-9-10-8/h4-5,7-8H,3,6H2,1-2H3. The summed E-state index contributed by atoms with van der Waals surface area (Å²) in [6.45, 7) is 4.90. The summed E-state index contributed by atoms with van der Waals surface area (Å²) in [6, 6.07) is 0. The highest BCUT2D eigenvalue weighted by Gasteiger charge is 2.15. The van der Waals surface area contributed by atoms with Crippen molar-refractivity contribution >= 4 is 0 Å². The van der Waals surface area contributed by atoms with Crippen LogP contribution in [-0.4, -0.2) is 12.7 Å². The summed E-state index contributed by atoms with van der Waals surface area (Å²) >= 11 is 0. The second kappa shape index (κ2) is 3.74. The van der Waals surface area contributed by atoms with Crippen molar-refractivity contribution in [2.24, 2.45) is 5.92 Å². The van der Waals surface area contributed by atoms with E-state index in [1.807, 2.05) is 6.08 Å². The first-order valence-corrected chi connectivity index (χ1v) is 3.79. The Morgan fingerprint density at radius 2 is 2.50 bits per heavy atom. The van der Waals surface area contributed by atoms with Gasteiger partial charge in [-0.15, -0.1) is 0 Å². The van der Waals surface area contributed by atoms with Crippen molar-refractivity contribution in [3.05, 3.63) is 12.2 Å². The molecular formula is C8H14O2. The van der Waals surface area contributed by atoms with Gasteiger partial charge >= 0.3 is 0 Å². The summed E-state index contributed by atoms with van der Waals surface area (Å²) in [5.74, 6) is 0.552. The number of hydrogen-bond acceptors (Lipinski definition) is 2. The molecule has 0 N–H and O–H groups in total. The Morgan fingerprint density at radius 1 is 1.70 bits per heavy atom. The molecule has 0 bridgehead atoms. The molecule has 0 saturated heterocycles. The summed E-state index contributed by atoms with van der Waals surface area (Å²) in [5, 5.41) is 0. The Hall–Kier alpha value is -0.340. The van der Waals surface area contributed by atoms with Gasteiger partial charge in [-0.2, -0.15) is 0 Å². The molecule has 1 aliphatic heterocycles. The van der Waals surface area contributed by atoms with Crippen LogP contribution in [-0.2, 0) is 9.78 Å². The zero-order valence-corrected chi connectivity index (χ0v) is 6.54. The molecule has 1 aliphatic rings. The lowest BCUT2D eigenvalue weighted by atomic mass is 10.0. The molecule has 2 atom stereocenters. The molecule has 0 aromatic heterocycles. The predicted molar refractivity (Wildman–Crippen MR) is 39.4 cm³/mol. The van der Waals surface area contributed by atoms with Crippen LogP contribution in [0.5, 0.6) is 0 Å². The molecule has 0 radical (unpaired) electrons. The van der Waals surface area contributed by atoms with Gasteiger partial charge in [0.05, 0.1) is 0 Å². The quantitative estimate of drug-likeness (QED) is 0.433. The van der Waals surface area contributed by atoms with Crippen molar-refractivity contribution in [2.45, 2.75) is 26.4 Å². The molecule has 0 saturated carbocycles. The third-order valence-corrected chi connectivity index (χ3v) is 1.87. The number of hydrogen-bond donors (Lipinski definition) is 0. The molecule has 2 heteroatoms. The molecule has 0 amide bonds. The van der Waals surface area contributed by atoms with E-state index in [1.165, 1.54) is 0 Å². The first-order valence-electron chi connectivity index (χ1n) is 3.79. The van der Waals surface area contributed by atoms with Gasteiger partial charge in [0.1, 0.15) is 12.7 Å². The summed E-state index contributed by atoms with van der Waals surface area (Å²) < 4.78 is 0. The van der Waals surface area contributed by atoms with Crippen LogP contribution >= 0.6 is 0 Å². The van der Waals surface area contributed by atoms with Crippen LogP contribution in [0.25, 0.3) is 0 Å². The molecule has 0 spiro atoms. The molecule has 0 fully saturated rings. The van der Waals surface area contributed by atoms with Crippen molar-refractivity contribution in [2.75, 3.05) is 6.61 Å². The van der Waals surface area contributed by atoms with Gasteiger partial charge in [0.2, 0.25) is 0 Å². The minimum atomic E-state index is 0.166. The molecule has 1 heterocycles. The van der Waals surface area contributed by atoms with E-state index in [2.05, 4.69) is 19.9 Å². The fourth-order valence-electron chi connectivity index (χ4n) is 0.896. The van der Waals surface area contributed by atoms with E-state index in [-0.39, 0.29) is 6.10 Å². The highest BCUT2D eigenvalue weighted by molar-refractivity contribution is 4.92. The maximum atomic E-state index is 5.04. The molecule has 0 aliphatic carbocycles. The van der Waals surface area contributed by atoms with Crippen molar-refractivity contribution in [3.8, 4) is 0 Å². The van der Waals surface area contributed by atoms with Crippen LogP contribution < -0.4 is 0 Å². The minimum Gasteiger partial charge on any atom is -0.232 e. The average molecular weight is 142 g/mol. The predicted octanol–water partition coefficient (Wildman–Crippen LogP) is 1.92. The first kappa shape index (κ1) is 7.76. The van der Waals surface area contributed by atoms with Gasteiger partial charge in [0.15, 0.2) is 0 Å². The fraction of sp³-hybridized carbons (Fsp3) is 0.750. The van der Waals surface area contributed by atoms with Gasteiger partial charge in [-0.25, -0.2) is 9.78 Å². The minimum absolute atomic E-state index is 0.166. The Balaban J connectivity index is 2.38. The lowest BCUT2D eigenvalue weighted by Crippen LogP contribution is -2.22. The Labute approximate surface area is 61.8 Å². The van der Waals surface area contributed by atoms with Crippen LogP contribution in [0.1, 0.15) is 20.3 Å². The summed E-state index contributed by atoms with van der Waals surface area (Å²) in [4.78, 5) is 9.86. The average Bonchev–Trinajstić information content (AvgIpc) is 2.05. The van der Waals surface area contributed by atoms with Crippen molar-refractivity contribution in [3.63, 3.8) is 0 Å². The number of rotatable bonds is 2. The van der Waals surface area contributed by atoms with E-state index in [9.17, 15) is 0 Å². The fourth-order valence-corrected chi connectivity index (χ4v) is 0.896. The molecule has 0 aromatic carbocycles. The van der Waals surface area contributed by atoms with Crippen molar-refractivity contribution < 1.29 is 9.78 Å². The second-order valence-corrected chi connectivity index (χ2v) is 2.66. The largest absolute Gasteiger partial charge is 0.232 e. The van der Waals surface area contributed by atoms with Gasteiger partial charge in [-0.3, -0.25) is 0 Å². The topological polar surface area (TPSA) is 18.5 Å². The van der Waals surface area contributed by atoms with Gasteiger partial charge in [-0.1, -0.05) is 32.4 Å². The first-order chi connectivity index (χ1) is 4.84. The van der Waals surface area contributed by atoms with Crippen LogP contribution in [0.3, 0.4) is 0 Å². The summed E-state index contributed by atoms with van der Waals surface area (Å²) in [5.41, 5.74) is 0. The summed E-state index contributed by atoms with van der Waals surface area (Å²) in [7, 11) is 0. The summed E-state index contributed by atoms with van der Waals surface area (Å²) in [6.07, 6.45) is 5.36. The lowest BCUT2D eigenvalue weighted by Gasteiger charge is -2.21. The highest BCUT2D eigenvalue weighted by atomic mass is 17.2. The Morgan fingerprint density at radius 3 is 3.00 bits per heavy atom. The molecule has 10 heavy (non-hydrogen) atoms. The molecular weight excluding hydrogens is 128 g/mol. The van der Waals surface area contributed by atoms with Crippen LogP contribution in [0, 0.1) is 5.92 Å². The smallest absolute Gasteiger partial charge is 0.114 e.